The largest absolute Gasteiger partial charge is 0.392 e. The summed E-state index contributed by atoms with van der Waals surface area (Å²) in [5, 5.41) is 19.0. The molecule has 1 aliphatic heterocycles. The fourth-order valence-electron chi connectivity index (χ4n) is 1.91. The Morgan fingerprint density at radius 2 is 2.35 bits per heavy atom. The first-order valence-electron chi connectivity index (χ1n) is 5.49. The van der Waals surface area contributed by atoms with Crippen LogP contribution in [-0.2, 0) is 4.74 Å². The highest BCUT2D eigenvalue weighted by Crippen LogP contribution is 2.38. The number of halogens is 2. The molecule has 0 amide bonds. The third kappa shape index (κ3) is 2.06. The smallest absolute Gasteiger partial charge is 0.203 e. The molecule has 2 rings (SSSR count). The Morgan fingerprint density at radius 3 is 2.85 bits per heavy atom. The van der Waals surface area contributed by atoms with Crippen molar-refractivity contribution in [3.63, 3.8) is 0 Å². The van der Waals surface area contributed by atoms with Gasteiger partial charge in [-0.2, -0.15) is 4.98 Å². The van der Waals surface area contributed by atoms with E-state index < -0.39 is 42.3 Å². The molecule has 1 aromatic heterocycles. The standard InChI is InChI=1S/C11H11F2N3O3S/c1-2-11(4-17)7(18)6(13)9(19-11)16-3-5(12)8(14)15-10(16)20/h1,3,6-7,9,17-18H,4H2,(H2,14,15,20). The SMILES string of the molecule is C#CC1(CO)OC(n2cc(F)c(N)nc2=S)C(F)C1O. The second kappa shape index (κ2) is 5.06. The molecule has 0 radical (unpaired) electrons. The van der Waals surface area contributed by atoms with Gasteiger partial charge in [0.25, 0.3) is 0 Å². The number of aliphatic hydroxyl groups is 2. The van der Waals surface area contributed by atoms with Crippen LogP contribution in [0.3, 0.4) is 0 Å². The Kier molecular flexibility index (Phi) is 3.75. The second-order valence-corrected chi connectivity index (χ2v) is 4.62. The van der Waals surface area contributed by atoms with Gasteiger partial charge in [-0.3, -0.25) is 4.57 Å². The second-order valence-electron chi connectivity index (χ2n) is 4.25. The van der Waals surface area contributed by atoms with E-state index in [0.29, 0.717) is 0 Å². The number of ether oxygens (including phenoxy) is 1. The van der Waals surface area contributed by atoms with Gasteiger partial charge in [0.15, 0.2) is 29.6 Å². The quantitative estimate of drug-likeness (QED) is 0.523. The van der Waals surface area contributed by atoms with E-state index in [1.807, 2.05) is 5.92 Å². The van der Waals surface area contributed by atoms with E-state index in [0.717, 1.165) is 10.8 Å². The highest BCUT2D eigenvalue weighted by atomic mass is 32.1. The predicted molar refractivity (Wildman–Crippen MR) is 67.1 cm³/mol. The molecule has 0 saturated carbocycles. The molecular weight excluding hydrogens is 292 g/mol. The summed E-state index contributed by atoms with van der Waals surface area (Å²) in [4.78, 5) is 3.51. The van der Waals surface area contributed by atoms with Gasteiger partial charge in [0.05, 0.1) is 6.61 Å². The van der Waals surface area contributed by atoms with Crippen molar-refractivity contribution in [1.82, 2.24) is 9.55 Å². The monoisotopic (exact) mass is 303 g/mol. The number of nitrogen functional groups attached to an aromatic ring is 1. The average Bonchev–Trinajstić information content (AvgIpc) is 2.68. The molecule has 0 aromatic carbocycles. The van der Waals surface area contributed by atoms with Gasteiger partial charge in [-0.25, -0.2) is 8.78 Å². The van der Waals surface area contributed by atoms with Gasteiger partial charge in [0, 0.05) is 6.20 Å². The van der Waals surface area contributed by atoms with Crippen LogP contribution < -0.4 is 5.73 Å². The van der Waals surface area contributed by atoms with Crippen molar-refractivity contribution in [2.24, 2.45) is 0 Å². The van der Waals surface area contributed by atoms with Gasteiger partial charge in [-0.05, 0) is 12.2 Å². The van der Waals surface area contributed by atoms with Crippen LogP contribution in [0.4, 0.5) is 14.6 Å². The van der Waals surface area contributed by atoms with E-state index in [1.54, 1.807) is 0 Å². The molecular formula is C11H11F2N3O3S. The molecule has 4 atom stereocenters. The van der Waals surface area contributed by atoms with Crippen LogP contribution in [-0.4, -0.2) is 44.2 Å². The van der Waals surface area contributed by atoms with Crippen molar-refractivity contribution in [2.45, 2.75) is 24.1 Å². The van der Waals surface area contributed by atoms with Gasteiger partial charge in [0.2, 0.25) is 4.77 Å². The molecule has 1 aromatic rings. The third-order valence-electron chi connectivity index (χ3n) is 3.07. The normalized spacial score (nSPS) is 33.0. The number of hydrogen-bond acceptors (Lipinski definition) is 6. The lowest BCUT2D eigenvalue weighted by Gasteiger charge is -2.23. The summed E-state index contributed by atoms with van der Waals surface area (Å²) < 4.78 is 33.3. The summed E-state index contributed by atoms with van der Waals surface area (Å²) in [6.45, 7) is -0.806. The molecule has 108 valence electrons. The number of rotatable bonds is 2. The zero-order valence-corrected chi connectivity index (χ0v) is 10.8. The van der Waals surface area contributed by atoms with Crippen LogP contribution >= 0.6 is 12.2 Å². The van der Waals surface area contributed by atoms with Gasteiger partial charge in [-0.15, -0.1) is 6.42 Å². The molecule has 20 heavy (non-hydrogen) atoms. The summed E-state index contributed by atoms with van der Waals surface area (Å²) in [7, 11) is 0. The Bertz CT molecular complexity index is 632. The molecule has 1 saturated heterocycles. The van der Waals surface area contributed by atoms with E-state index in [4.69, 9.17) is 29.1 Å². The van der Waals surface area contributed by atoms with E-state index in [9.17, 15) is 19.0 Å². The molecule has 9 heteroatoms. The number of alkyl halides is 1. The number of nitrogens with zero attached hydrogens (tertiary/aromatic N) is 2. The minimum absolute atomic E-state index is 0.241. The van der Waals surface area contributed by atoms with E-state index in [2.05, 4.69) is 4.98 Å². The highest BCUT2D eigenvalue weighted by Gasteiger charge is 2.55. The number of nitrogens with two attached hydrogens (primary N) is 1. The predicted octanol–water partition coefficient (Wildman–Crippen LogP) is -0.0740. The lowest BCUT2D eigenvalue weighted by atomic mass is 9.98. The zero-order valence-electron chi connectivity index (χ0n) is 10.0. The van der Waals surface area contributed by atoms with Crippen molar-refractivity contribution >= 4 is 18.0 Å². The molecule has 1 fully saturated rings. The van der Waals surface area contributed by atoms with Gasteiger partial charge in [-0.1, -0.05) is 5.92 Å². The molecule has 0 aliphatic carbocycles. The van der Waals surface area contributed by atoms with Gasteiger partial charge >= 0.3 is 0 Å². The van der Waals surface area contributed by atoms with E-state index in [-0.39, 0.29) is 4.77 Å². The number of anilines is 1. The number of hydrogen-bond donors (Lipinski definition) is 3. The first-order chi connectivity index (χ1) is 9.36. The summed E-state index contributed by atoms with van der Waals surface area (Å²) in [5.74, 6) is 0.640. The van der Waals surface area contributed by atoms with Gasteiger partial charge in [0.1, 0.15) is 6.10 Å². The molecule has 2 heterocycles. The number of aromatic nitrogens is 2. The summed E-state index contributed by atoms with van der Waals surface area (Å²) >= 11 is 4.84. The van der Waals surface area contributed by atoms with Crippen LogP contribution in [0, 0.1) is 22.9 Å². The van der Waals surface area contributed by atoms with Crippen molar-refractivity contribution in [2.75, 3.05) is 12.3 Å². The molecule has 0 spiro atoms. The lowest BCUT2D eigenvalue weighted by molar-refractivity contribution is -0.0919. The fourth-order valence-corrected chi connectivity index (χ4v) is 2.16. The zero-order chi connectivity index (χ0) is 15.1. The van der Waals surface area contributed by atoms with Crippen molar-refractivity contribution in [1.29, 1.82) is 0 Å². The Morgan fingerprint density at radius 1 is 1.70 bits per heavy atom. The van der Waals surface area contributed by atoms with Gasteiger partial charge < -0.3 is 20.7 Å². The number of aliphatic hydroxyl groups excluding tert-OH is 2. The summed E-state index contributed by atoms with van der Waals surface area (Å²) in [6.07, 6.45) is 0.645. The highest BCUT2D eigenvalue weighted by molar-refractivity contribution is 7.71. The first kappa shape index (κ1) is 14.8. The Balaban J connectivity index is 2.48. The lowest BCUT2D eigenvalue weighted by Crippen LogP contribution is -2.44. The Hall–Kier alpha value is -1.60. The maximum atomic E-state index is 14.1. The van der Waals surface area contributed by atoms with Crippen molar-refractivity contribution < 1.29 is 23.7 Å². The van der Waals surface area contributed by atoms with Crippen LogP contribution in [0.25, 0.3) is 0 Å². The molecule has 4 unspecified atom stereocenters. The van der Waals surface area contributed by atoms with Crippen LogP contribution in [0.5, 0.6) is 0 Å². The molecule has 1 aliphatic rings. The minimum Gasteiger partial charge on any atom is -0.392 e. The molecule has 6 nitrogen and oxygen atoms in total. The molecule has 4 N–H and O–H groups in total. The van der Waals surface area contributed by atoms with Crippen molar-refractivity contribution in [3.8, 4) is 12.3 Å². The number of terminal acetylenes is 1. The van der Waals surface area contributed by atoms with Crippen molar-refractivity contribution in [3.05, 3.63) is 16.8 Å². The molecule has 0 bridgehead atoms. The third-order valence-corrected chi connectivity index (χ3v) is 3.37. The summed E-state index contributed by atoms with van der Waals surface area (Å²) in [5.41, 5.74) is 3.31. The van der Waals surface area contributed by atoms with Crippen LogP contribution in [0.2, 0.25) is 0 Å². The minimum atomic E-state index is -2.02. The van der Waals surface area contributed by atoms with Crippen LogP contribution in [0.1, 0.15) is 6.23 Å². The Labute approximate surface area is 117 Å². The average molecular weight is 303 g/mol. The van der Waals surface area contributed by atoms with E-state index in [1.165, 1.54) is 0 Å². The maximum absolute atomic E-state index is 14.1. The maximum Gasteiger partial charge on any atom is 0.203 e. The fraction of sp³-hybridized carbons (Fsp3) is 0.455. The first-order valence-corrected chi connectivity index (χ1v) is 5.90. The topological polar surface area (TPSA) is 93.5 Å². The van der Waals surface area contributed by atoms with E-state index >= 15 is 0 Å². The summed E-state index contributed by atoms with van der Waals surface area (Å²) in [6, 6.07) is 0. The van der Waals surface area contributed by atoms with Crippen LogP contribution in [0.15, 0.2) is 6.20 Å².